The molecule has 0 aromatic heterocycles. The first-order valence-corrected chi connectivity index (χ1v) is 11.8. The summed E-state index contributed by atoms with van der Waals surface area (Å²) in [5, 5.41) is 3.33. The Labute approximate surface area is 181 Å². The van der Waals surface area contributed by atoms with Crippen LogP contribution in [0.15, 0.2) is 53.4 Å². The van der Waals surface area contributed by atoms with Crippen molar-refractivity contribution >= 4 is 38.9 Å². The Morgan fingerprint density at radius 3 is 2.33 bits per heavy atom. The second-order valence-electron chi connectivity index (χ2n) is 7.36. The molecule has 7 nitrogen and oxygen atoms in total. The van der Waals surface area contributed by atoms with Gasteiger partial charge in [0.25, 0.3) is 0 Å². The van der Waals surface area contributed by atoms with Crippen LogP contribution in [-0.4, -0.2) is 57.5 Å². The molecule has 2 aromatic carbocycles. The Kier molecular flexibility index (Phi) is 6.29. The van der Waals surface area contributed by atoms with Crippen molar-refractivity contribution in [2.24, 2.45) is 0 Å². The molecule has 1 N–H and O–H groups in total. The van der Waals surface area contributed by atoms with E-state index in [1.54, 1.807) is 0 Å². The molecule has 1 unspecified atom stereocenters. The van der Waals surface area contributed by atoms with Gasteiger partial charge in [-0.3, -0.25) is 4.79 Å². The van der Waals surface area contributed by atoms with Gasteiger partial charge in [-0.15, -0.1) is 0 Å². The number of carbonyl (C=O) groups is 1. The highest BCUT2D eigenvalue weighted by Gasteiger charge is 2.39. The number of nitrogens with one attached hydrogen (secondary N) is 1. The Balaban J connectivity index is 1.45. The van der Waals surface area contributed by atoms with E-state index in [9.17, 15) is 13.2 Å². The molecule has 1 atom stereocenters. The molecule has 0 aliphatic carbocycles. The van der Waals surface area contributed by atoms with Crippen molar-refractivity contribution in [2.45, 2.75) is 23.8 Å². The summed E-state index contributed by atoms with van der Waals surface area (Å²) in [7, 11) is -3.77. The zero-order chi connectivity index (χ0) is 21.1. The minimum atomic E-state index is -3.77. The molecule has 2 aliphatic rings. The van der Waals surface area contributed by atoms with Gasteiger partial charge in [-0.05, 0) is 61.4 Å². The van der Waals surface area contributed by atoms with Gasteiger partial charge in [-0.25, -0.2) is 8.42 Å². The van der Waals surface area contributed by atoms with E-state index in [1.807, 2.05) is 24.3 Å². The highest BCUT2D eigenvalue weighted by atomic mass is 35.5. The summed E-state index contributed by atoms with van der Waals surface area (Å²) in [6.07, 6.45) is 1.13. The number of anilines is 2. The van der Waals surface area contributed by atoms with E-state index in [4.69, 9.17) is 16.3 Å². The molecule has 9 heteroatoms. The number of amides is 1. The van der Waals surface area contributed by atoms with E-state index in [-0.39, 0.29) is 10.8 Å². The summed E-state index contributed by atoms with van der Waals surface area (Å²) in [6.45, 7) is 3.41. The number of sulfonamides is 1. The standard InChI is InChI=1S/C21H24ClN3O4S/c22-16-3-9-19(10-4-16)30(27,28)25-11-1-2-20(25)21(26)23-17-5-7-18(8-6-17)24-12-14-29-15-13-24/h3-10,20H,1-2,11-15H2,(H,23,26). The first-order valence-electron chi connectivity index (χ1n) is 9.96. The van der Waals surface area contributed by atoms with Gasteiger partial charge in [-0.1, -0.05) is 11.6 Å². The Hall–Kier alpha value is -2.13. The largest absolute Gasteiger partial charge is 0.378 e. The summed E-state index contributed by atoms with van der Waals surface area (Å²) in [4.78, 5) is 15.2. The van der Waals surface area contributed by atoms with E-state index in [1.165, 1.54) is 28.6 Å². The quantitative estimate of drug-likeness (QED) is 0.759. The smallest absolute Gasteiger partial charge is 0.243 e. The number of hydrogen-bond acceptors (Lipinski definition) is 5. The van der Waals surface area contributed by atoms with Crippen LogP contribution in [-0.2, 0) is 19.6 Å². The molecule has 160 valence electrons. The normalized spacial score (nSPS) is 20.3. The van der Waals surface area contributed by atoms with Gasteiger partial charge in [0.15, 0.2) is 0 Å². The number of carbonyl (C=O) groups excluding carboxylic acids is 1. The highest BCUT2D eigenvalue weighted by molar-refractivity contribution is 7.89. The fourth-order valence-electron chi connectivity index (χ4n) is 3.83. The number of ether oxygens (including phenoxy) is 1. The SMILES string of the molecule is O=C(Nc1ccc(N2CCOCC2)cc1)C1CCCN1S(=O)(=O)c1ccc(Cl)cc1. The number of hydrogen-bond donors (Lipinski definition) is 1. The Morgan fingerprint density at radius 1 is 1.00 bits per heavy atom. The fourth-order valence-corrected chi connectivity index (χ4v) is 5.62. The summed E-state index contributed by atoms with van der Waals surface area (Å²) >= 11 is 5.87. The first kappa shape index (κ1) is 21.1. The van der Waals surface area contributed by atoms with Crippen LogP contribution in [0.2, 0.25) is 5.02 Å². The van der Waals surface area contributed by atoms with Crippen LogP contribution in [0.4, 0.5) is 11.4 Å². The highest BCUT2D eigenvalue weighted by Crippen LogP contribution is 2.28. The van der Waals surface area contributed by atoms with Crippen LogP contribution in [0.5, 0.6) is 0 Å². The molecule has 2 aromatic rings. The molecule has 0 saturated carbocycles. The average Bonchev–Trinajstić information content (AvgIpc) is 3.26. The van der Waals surface area contributed by atoms with Crippen LogP contribution in [0.3, 0.4) is 0 Å². The van der Waals surface area contributed by atoms with E-state index in [0.29, 0.717) is 43.3 Å². The second kappa shape index (κ2) is 8.93. The molecule has 2 heterocycles. The van der Waals surface area contributed by atoms with E-state index in [0.717, 1.165) is 18.8 Å². The Morgan fingerprint density at radius 2 is 1.67 bits per heavy atom. The minimum absolute atomic E-state index is 0.140. The maximum Gasteiger partial charge on any atom is 0.243 e. The van der Waals surface area contributed by atoms with Gasteiger partial charge in [0, 0.05) is 36.0 Å². The molecule has 30 heavy (non-hydrogen) atoms. The van der Waals surface area contributed by atoms with Crippen molar-refractivity contribution in [3.63, 3.8) is 0 Å². The van der Waals surface area contributed by atoms with Crippen LogP contribution in [0, 0.1) is 0 Å². The van der Waals surface area contributed by atoms with Crippen molar-refractivity contribution in [3.05, 3.63) is 53.6 Å². The molecule has 1 amide bonds. The van der Waals surface area contributed by atoms with Crippen molar-refractivity contribution < 1.29 is 17.9 Å². The third kappa shape index (κ3) is 4.46. The lowest BCUT2D eigenvalue weighted by molar-refractivity contribution is -0.119. The monoisotopic (exact) mass is 449 g/mol. The lowest BCUT2D eigenvalue weighted by Crippen LogP contribution is -2.43. The summed E-state index contributed by atoms with van der Waals surface area (Å²) in [6, 6.07) is 12.9. The van der Waals surface area contributed by atoms with Gasteiger partial charge >= 0.3 is 0 Å². The molecule has 2 saturated heterocycles. The number of benzene rings is 2. The number of morpholine rings is 1. The maximum atomic E-state index is 13.0. The lowest BCUT2D eigenvalue weighted by atomic mass is 10.2. The third-order valence-electron chi connectivity index (χ3n) is 5.44. The summed E-state index contributed by atoms with van der Waals surface area (Å²) in [5.74, 6) is -0.316. The van der Waals surface area contributed by atoms with E-state index in [2.05, 4.69) is 10.2 Å². The van der Waals surface area contributed by atoms with Crippen LogP contribution in [0.1, 0.15) is 12.8 Å². The van der Waals surface area contributed by atoms with Crippen molar-refractivity contribution in [1.82, 2.24) is 4.31 Å². The molecule has 0 spiro atoms. The molecular formula is C21H24ClN3O4S. The van der Waals surface area contributed by atoms with Gasteiger partial charge < -0.3 is 15.0 Å². The van der Waals surface area contributed by atoms with Gasteiger partial charge in [-0.2, -0.15) is 4.31 Å². The summed E-state index contributed by atoms with van der Waals surface area (Å²) in [5.41, 5.74) is 1.72. The van der Waals surface area contributed by atoms with Crippen LogP contribution in [0.25, 0.3) is 0 Å². The van der Waals surface area contributed by atoms with E-state index < -0.39 is 16.1 Å². The fraction of sp³-hybridized carbons (Fsp3) is 0.381. The number of nitrogens with zero attached hydrogens (tertiary/aromatic N) is 2. The predicted octanol–water partition coefficient (Wildman–Crippen LogP) is 2.97. The van der Waals surface area contributed by atoms with Gasteiger partial charge in [0.1, 0.15) is 6.04 Å². The Bertz CT molecular complexity index is 990. The van der Waals surface area contributed by atoms with Crippen LogP contribution < -0.4 is 10.2 Å². The zero-order valence-electron chi connectivity index (χ0n) is 16.5. The zero-order valence-corrected chi connectivity index (χ0v) is 18.0. The third-order valence-corrected chi connectivity index (χ3v) is 7.61. The second-order valence-corrected chi connectivity index (χ2v) is 9.69. The number of rotatable bonds is 5. The van der Waals surface area contributed by atoms with Gasteiger partial charge in [0.05, 0.1) is 18.1 Å². The molecular weight excluding hydrogens is 426 g/mol. The molecule has 0 bridgehead atoms. The van der Waals surface area contributed by atoms with Crippen molar-refractivity contribution in [2.75, 3.05) is 43.1 Å². The summed E-state index contributed by atoms with van der Waals surface area (Å²) < 4.78 is 32.7. The number of halogens is 1. The maximum absolute atomic E-state index is 13.0. The lowest BCUT2D eigenvalue weighted by Gasteiger charge is -2.29. The topological polar surface area (TPSA) is 79.0 Å². The molecule has 2 aliphatic heterocycles. The van der Waals surface area contributed by atoms with Crippen molar-refractivity contribution in [3.8, 4) is 0 Å². The molecule has 0 radical (unpaired) electrons. The minimum Gasteiger partial charge on any atom is -0.378 e. The van der Waals surface area contributed by atoms with Gasteiger partial charge in [0.2, 0.25) is 15.9 Å². The average molecular weight is 450 g/mol. The van der Waals surface area contributed by atoms with Crippen LogP contribution >= 0.6 is 11.6 Å². The molecule has 2 fully saturated rings. The predicted molar refractivity (Wildman–Crippen MR) is 116 cm³/mol. The first-order chi connectivity index (χ1) is 14.4. The van der Waals surface area contributed by atoms with Crippen molar-refractivity contribution in [1.29, 1.82) is 0 Å². The van der Waals surface area contributed by atoms with E-state index >= 15 is 0 Å². The molecule has 4 rings (SSSR count).